The van der Waals surface area contributed by atoms with Crippen LogP contribution in [0.3, 0.4) is 0 Å². The maximum Gasteiger partial charge on any atom is 0.237 e. The van der Waals surface area contributed by atoms with Crippen molar-refractivity contribution < 1.29 is 4.79 Å². The number of hydrogen-bond acceptors (Lipinski definition) is 2. The van der Waals surface area contributed by atoms with Gasteiger partial charge in [0.1, 0.15) is 0 Å². The molecule has 2 rings (SSSR count). The average Bonchev–Trinajstić information content (AvgIpc) is 2.56. The van der Waals surface area contributed by atoms with E-state index < -0.39 is 5.41 Å². The highest BCUT2D eigenvalue weighted by Crippen LogP contribution is 2.41. The van der Waals surface area contributed by atoms with E-state index in [2.05, 4.69) is 6.07 Å². The highest BCUT2D eigenvalue weighted by Gasteiger charge is 2.42. The summed E-state index contributed by atoms with van der Waals surface area (Å²) in [4.78, 5) is 14.3. The second-order valence-corrected chi connectivity index (χ2v) is 5.21. The van der Waals surface area contributed by atoms with E-state index in [4.69, 9.17) is 5.26 Å². The smallest absolute Gasteiger partial charge is 0.237 e. The van der Waals surface area contributed by atoms with Gasteiger partial charge in [0.15, 0.2) is 0 Å². The van der Waals surface area contributed by atoms with Gasteiger partial charge in [-0.1, -0.05) is 18.2 Å². The van der Waals surface area contributed by atoms with Crippen molar-refractivity contribution in [1.82, 2.24) is 0 Å². The standard InChI is InChI=1S/C15H18N2O/c1-15(2)12-8-4-5-9-13(12)17(14(15)18)11-7-3-6-10-16/h4-5,8-9H,3,6-7,11H2,1-2H3. The van der Waals surface area contributed by atoms with E-state index in [1.807, 2.05) is 43.0 Å². The highest BCUT2D eigenvalue weighted by molar-refractivity contribution is 6.07. The van der Waals surface area contributed by atoms with E-state index in [0.717, 1.165) is 24.1 Å². The molecule has 1 aromatic rings. The fourth-order valence-electron chi connectivity index (χ4n) is 2.50. The zero-order valence-electron chi connectivity index (χ0n) is 10.9. The summed E-state index contributed by atoms with van der Waals surface area (Å²) in [5.74, 6) is 0.167. The number of carbonyl (C=O) groups is 1. The van der Waals surface area contributed by atoms with Gasteiger partial charge in [-0.2, -0.15) is 5.26 Å². The largest absolute Gasteiger partial charge is 0.311 e. The van der Waals surface area contributed by atoms with E-state index in [0.29, 0.717) is 13.0 Å². The number of amides is 1. The molecule has 0 N–H and O–H groups in total. The number of unbranched alkanes of at least 4 members (excludes halogenated alkanes) is 2. The van der Waals surface area contributed by atoms with Crippen LogP contribution in [0.4, 0.5) is 5.69 Å². The Morgan fingerprint density at radius 2 is 2.00 bits per heavy atom. The molecule has 3 nitrogen and oxygen atoms in total. The summed E-state index contributed by atoms with van der Waals surface area (Å²) in [5, 5.41) is 8.52. The Kier molecular flexibility index (Phi) is 3.38. The molecule has 1 heterocycles. The van der Waals surface area contributed by atoms with Crippen molar-refractivity contribution in [2.45, 2.75) is 38.5 Å². The first kappa shape index (κ1) is 12.6. The first-order chi connectivity index (χ1) is 8.59. The highest BCUT2D eigenvalue weighted by atomic mass is 16.2. The van der Waals surface area contributed by atoms with Gasteiger partial charge in [0, 0.05) is 18.7 Å². The number of rotatable bonds is 4. The lowest BCUT2D eigenvalue weighted by atomic mass is 9.86. The zero-order chi connectivity index (χ0) is 13.2. The Morgan fingerprint density at radius 1 is 1.28 bits per heavy atom. The minimum atomic E-state index is -0.425. The molecule has 3 heteroatoms. The van der Waals surface area contributed by atoms with Gasteiger partial charge in [0.25, 0.3) is 0 Å². The first-order valence-corrected chi connectivity index (χ1v) is 6.37. The summed E-state index contributed by atoms with van der Waals surface area (Å²) < 4.78 is 0. The Morgan fingerprint density at radius 3 is 2.72 bits per heavy atom. The van der Waals surface area contributed by atoms with Crippen LogP contribution in [0.15, 0.2) is 24.3 Å². The second-order valence-electron chi connectivity index (χ2n) is 5.21. The van der Waals surface area contributed by atoms with Gasteiger partial charge < -0.3 is 4.90 Å². The van der Waals surface area contributed by atoms with E-state index in [9.17, 15) is 4.79 Å². The molecule has 1 aliphatic rings. The second kappa shape index (κ2) is 4.81. The van der Waals surface area contributed by atoms with Crippen molar-refractivity contribution in [3.05, 3.63) is 29.8 Å². The van der Waals surface area contributed by atoms with Gasteiger partial charge in [-0.05, 0) is 38.3 Å². The number of fused-ring (bicyclic) bond motifs is 1. The number of nitrogens with zero attached hydrogens (tertiary/aromatic N) is 2. The fraction of sp³-hybridized carbons (Fsp3) is 0.467. The van der Waals surface area contributed by atoms with Crippen molar-refractivity contribution in [3.63, 3.8) is 0 Å². The lowest BCUT2D eigenvalue weighted by molar-refractivity contribution is -0.122. The molecule has 0 saturated heterocycles. The molecule has 0 atom stereocenters. The Bertz CT molecular complexity index is 499. The summed E-state index contributed by atoms with van der Waals surface area (Å²) in [6, 6.07) is 10.1. The van der Waals surface area contributed by atoms with Crippen LogP contribution in [0, 0.1) is 11.3 Å². The van der Waals surface area contributed by atoms with Crippen LogP contribution >= 0.6 is 0 Å². The molecule has 1 amide bonds. The zero-order valence-corrected chi connectivity index (χ0v) is 10.9. The Hall–Kier alpha value is -1.82. The van der Waals surface area contributed by atoms with E-state index in [-0.39, 0.29) is 5.91 Å². The Balaban J connectivity index is 2.18. The number of carbonyl (C=O) groups excluding carboxylic acids is 1. The van der Waals surface area contributed by atoms with Gasteiger partial charge in [-0.25, -0.2) is 0 Å². The van der Waals surface area contributed by atoms with Crippen LogP contribution < -0.4 is 4.90 Å². The SMILES string of the molecule is CC1(C)C(=O)N(CCCCC#N)c2ccccc21. The third kappa shape index (κ3) is 1.99. The average molecular weight is 242 g/mol. The maximum atomic E-state index is 12.4. The molecule has 0 saturated carbocycles. The van der Waals surface area contributed by atoms with Crippen LogP contribution in [0.1, 0.15) is 38.7 Å². The van der Waals surface area contributed by atoms with Crippen LogP contribution in [0.25, 0.3) is 0 Å². The van der Waals surface area contributed by atoms with E-state index in [1.54, 1.807) is 0 Å². The van der Waals surface area contributed by atoms with Gasteiger partial charge in [-0.3, -0.25) is 4.79 Å². The van der Waals surface area contributed by atoms with E-state index >= 15 is 0 Å². The summed E-state index contributed by atoms with van der Waals surface area (Å²) >= 11 is 0. The predicted octanol–water partition coefficient (Wildman–Crippen LogP) is 3.00. The van der Waals surface area contributed by atoms with Gasteiger partial charge >= 0.3 is 0 Å². The number of benzene rings is 1. The lowest BCUT2D eigenvalue weighted by Gasteiger charge is -2.20. The molecule has 1 aliphatic heterocycles. The molecule has 0 aliphatic carbocycles. The summed E-state index contributed by atoms with van der Waals surface area (Å²) in [6.07, 6.45) is 2.29. The molecular formula is C15H18N2O. The van der Waals surface area contributed by atoms with Gasteiger partial charge in [0.2, 0.25) is 5.91 Å². The molecule has 0 spiro atoms. The van der Waals surface area contributed by atoms with Crippen LogP contribution in [0.2, 0.25) is 0 Å². The summed E-state index contributed by atoms with van der Waals surface area (Å²) in [6.45, 7) is 4.66. The fourth-order valence-corrected chi connectivity index (χ4v) is 2.50. The van der Waals surface area contributed by atoms with Crippen LogP contribution in [0.5, 0.6) is 0 Å². The number of hydrogen-bond donors (Lipinski definition) is 0. The monoisotopic (exact) mass is 242 g/mol. The third-order valence-electron chi connectivity index (χ3n) is 3.57. The van der Waals surface area contributed by atoms with Gasteiger partial charge in [-0.15, -0.1) is 0 Å². The van der Waals surface area contributed by atoms with Crippen molar-refractivity contribution in [1.29, 1.82) is 5.26 Å². The number of nitriles is 1. The van der Waals surface area contributed by atoms with Crippen molar-refractivity contribution in [3.8, 4) is 6.07 Å². The molecule has 94 valence electrons. The molecule has 0 bridgehead atoms. The van der Waals surface area contributed by atoms with Crippen molar-refractivity contribution in [2.24, 2.45) is 0 Å². The van der Waals surface area contributed by atoms with E-state index in [1.165, 1.54) is 0 Å². The van der Waals surface area contributed by atoms with Crippen molar-refractivity contribution >= 4 is 11.6 Å². The molecule has 0 radical (unpaired) electrons. The molecule has 18 heavy (non-hydrogen) atoms. The third-order valence-corrected chi connectivity index (χ3v) is 3.57. The summed E-state index contributed by atoms with van der Waals surface area (Å²) in [7, 11) is 0. The lowest BCUT2D eigenvalue weighted by Crippen LogP contribution is -2.36. The molecular weight excluding hydrogens is 224 g/mol. The topological polar surface area (TPSA) is 44.1 Å². The first-order valence-electron chi connectivity index (χ1n) is 6.37. The molecule has 0 unspecified atom stereocenters. The minimum absolute atomic E-state index is 0.167. The quantitative estimate of drug-likeness (QED) is 0.762. The van der Waals surface area contributed by atoms with Crippen LogP contribution in [-0.4, -0.2) is 12.5 Å². The predicted molar refractivity (Wildman–Crippen MR) is 71.3 cm³/mol. The van der Waals surface area contributed by atoms with Gasteiger partial charge in [0.05, 0.1) is 11.5 Å². The Labute approximate surface area is 108 Å². The summed E-state index contributed by atoms with van der Waals surface area (Å²) in [5.41, 5.74) is 1.71. The minimum Gasteiger partial charge on any atom is -0.311 e. The molecule has 0 aromatic heterocycles. The maximum absolute atomic E-state index is 12.4. The molecule has 0 fully saturated rings. The van der Waals surface area contributed by atoms with Crippen molar-refractivity contribution in [2.75, 3.05) is 11.4 Å². The number of anilines is 1. The number of para-hydroxylation sites is 1. The van der Waals surface area contributed by atoms with Crippen LogP contribution in [-0.2, 0) is 10.2 Å². The normalized spacial score (nSPS) is 16.5. The molecule has 1 aromatic carbocycles.